The zero-order valence-electron chi connectivity index (χ0n) is 13.2. The van der Waals surface area contributed by atoms with Gasteiger partial charge in [-0.15, -0.1) is 11.3 Å². The van der Waals surface area contributed by atoms with Crippen molar-refractivity contribution in [2.45, 2.75) is 4.34 Å². The van der Waals surface area contributed by atoms with E-state index < -0.39 is 0 Å². The Morgan fingerprint density at radius 1 is 1.15 bits per heavy atom. The second-order valence-corrected chi connectivity index (χ2v) is 8.80. The van der Waals surface area contributed by atoms with Crippen LogP contribution in [0.4, 0.5) is 5.69 Å². The molecule has 0 aliphatic carbocycles. The van der Waals surface area contributed by atoms with Gasteiger partial charge in [0.2, 0.25) is 5.91 Å². The van der Waals surface area contributed by atoms with Crippen LogP contribution in [0.25, 0.3) is 22.3 Å². The number of carbonyl (C=O) groups excluding carboxylic acids is 1. The van der Waals surface area contributed by atoms with Crippen LogP contribution in [0.2, 0.25) is 0 Å². The molecule has 0 saturated heterocycles. The Balaban J connectivity index is 1.39. The van der Waals surface area contributed by atoms with Crippen LogP contribution in [-0.4, -0.2) is 25.4 Å². The smallest absolute Gasteiger partial charge is 0.234 e. The van der Waals surface area contributed by atoms with E-state index in [9.17, 15) is 4.79 Å². The van der Waals surface area contributed by atoms with Gasteiger partial charge in [-0.05, 0) is 24.3 Å². The molecule has 0 radical (unpaired) electrons. The molecule has 0 atom stereocenters. The molecule has 1 N–H and O–H groups in total. The highest BCUT2D eigenvalue weighted by Crippen LogP contribution is 2.29. The van der Waals surface area contributed by atoms with Gasteiger partial charge in [-0.25, -0.2) is 4.98 Å². The lowest BCUT2D eigenvalue weighted by Crippen LogP contribution is -2.14. The molecule has 0 fully saturated rings. The minimum atomic E-state index is -0.0871. The van der Waals surface area contributed by atoms with Crippen molar-refractivity contribution in [3.05, 3.63) is 52.3 Å². The first-order valence-corrected chi connectivity index (χ1v) is 10.9. The molecule has 2 heterocycles. The molecular weight excluding hydrogens is 452 g/mol. The fourth-order valence-electron chi connectivity index (χ4n) is 2.30. The largest absolute Gasteiger partial charge is 0.323 e. The van der Waals surface area contributed by atoms with Crippen molar-refractivity contribution < 1.29 is 4.79 Å². The van der Waals surface area contributed by atoms with Gasteiger partial charge >= 0.3 is 0 Å². The van der Waals surface area contributed by atoms with E-state index in [0.717, 1.165) is 42.8 Å². The fraction of sp³-hybridized carbons (Fsp3) is 0.0588. The van der Waals surface area contributed by atoms with Gasteiger partial charge in [0.25, 0.3) is 0 Å². The first-order chi connectivity index (χ1) is 12.7. The van der Waals surface area contributed by atoms with Crippen molar-refractivity contribution in [1.82, 2.24) is 13.7 Å². The summed E-state index contributed by atoms with van der Waals surface area (Å²) < 4.78 is 10.3. The molecule has 0 unspecified atom stereocenters. The molecule has 5 nitrogen and oxygen atoms in total. The summed E-state index contributed by atoms with van der Waals surface area (Å²) >= 11 is 7.53. The summed E-state index contributed by atoms with van der Waals surface area (Å²) in [5.74, 6) is 0.206. The minimum absolute atomic E-state index is 0.0871. The predicted octanol–water partition coefficient (Wildman–Crippen LogP) is 5.31. The molecule has 130 valence electrons. The molecule has 9 heteroatoms. The summed E-state index contributed by atoms with van der Waals surface area (Å²) in [6.45, 7) is 0. The highest BCUT2D eigenvalue weighted by Gasteiger charge is 2.11. The highest BCUT2D eigenvalue weighted by atomic mass is 79.9. The lowest BCUT2D eigenvalue weighted by Gasteiger charge is -2.04. The van der Waals surface area contributed by atoms with Crippen molar-refractivity contribution in [2.75, 3.05) is 11.1 Å². The van der Waals surface area contributed by atoms with E-state index in [-0.39, 0.29) is 5.91 Å². The second-order valence-electron chi connectivity index (χ2n) is 5.28. The van der Waals surface area contributed by atoms with Gasteiger partial charge in [0, 0.05) is 15.4 Å². The number of anilines is 1. The normalized spacial score (nSPS) is 11.0. The average molecular weight is 463 g/mol. The molecule has 0 saturated carbocycles. The molecule has 26 heavy (non-hydrogen) atoms. The van der Waals surface area contributed by atoms with Gasteiger partial charge < -0.3 is 5.32 Å². The Hall–Kier alpha value is -1.81. The lowest BCUT2D eigenvalue weighted by atomic mass is 10.2. The van der Waals surface area contributed by atoms with Crippen LogP contribution in [0.5, 0.6) is 0 Å². The number of hydrogen-bond acceptors (Lipinski definition) is 7. The molecule has 2 aromatic carbocycles. The van der Waals surface area contributed by atoms with Crippen LogP contribution in [0, 0.1) is 0 Å². The Kier molecular flexibility index (Phi) is 5.30. The van der Waals surface area contributed by atoms with Gasteiger partial charge in [-0.1, -0.05) is 45.9 Å². The number of halogens is 1. The number of nitrogens with one attached hydrogen (secondary N) is 1. The number of hydrogen-bond donors (Lipinski definition) is 1. The van der Waals surface area contributed by atoms with E-state index in [1.807, 2.05) is 47.8 Å². The van der Waals surface area contributed by atoms with E-state index in [0.29, 0.717) is 11.4 Å². The number of amides is 1. The van der Waals surface area contributed by atoms with Crippen LogP contribution >= 0.6 is 50.8 Å². The van der Waals surface area contributed by atoms with E-state index in [4.69, 9.17) is 0 Å². The van der Waals surface area contributed by atoms with E-state index >= 15 is 0 Å². The first kappa shape index (κ1) is 17.6. The zero-order chi connectivity index (χ0) is 17.9. The first-order valence-electron chi connectivity index (χ1n) is 7.54. The number of fused-ring (bicyclic) bond motifs is 1. The number of aromatic nitrogens is 3. The van der Waals surface area contributed by atoms with Crippen LogP contribution in [0.15, 0.2) is 56.7 Å². The lowest BCUT2D eigenvalue weighted by molar-refractivity contribution is -0.113. The van der Waals surface area contributed by atoms with Crippen molar-refractivity contribution in [3.63, 3.8) is 0 Å². The maximum Gasteiger partial charge on any atom is 0.234 e. The summed E-state index contributed by atoms with van der Waals surface area (Å²) in [6, 6.07) is 13.6. The molecule has 0 bridgehead atoms. The standard InChI is InChI=1S/C17H11BrN4OS3/c18-11-6-4-10(5-7-11)14-8-24-17(20-14)25-9-15(23)19-12-2-1-3-13-16(12)22-26-21-13/h1-8H,9H2,(H,19,23). The maximum absolute atomic E-state index is 12.3. The topological polar surface area (TPSA) is 67.8 Å². The Morgan fingerprint density at radius 3 is 2.85 bits per heavy atom. The van der Waals surface area contributed by atoms with Crippen LogP contribution in [0.1, 0.15) is 0 Å². The molecule has 4 aromatic rings. The third kappa shape index (κ3) is 3.96. The summed E-state index contributed by atoms with van der Waals surface area (Å²) in [6.07, 6.45) is 0. The summed E-state index contributed by atoms with van der Waals surface area (Å²) in [7, 11) is 0. The van der Waals surface area contributed by atoms with E-state index in [2.05, 4.69) is 35.0 Å². The predicted molar refractivity (Wildman–Crippen MR) is 112 cm³/mol. The van der Waals surface area contributed by atoms with Crippen LogP contribution < -0.4 is 5.32 Å². The quantitative estimate of drug-likeness (QED) is 0.407. The van der Waals surface area contributed by atoms with Crippen LogP contribution in [-0.2, 0) is 4.79 Å². The van der Waals surface area contributed by atoms with Gasteiger partial charge in [0.05, 0.1) is 28.9 Å². The van der Waals surface area contributed by atoms with Gasteiger partial charge in [-0.2, -0.15) is 8.75 Å². The number of carbonyl (C=O) groups is 1. The zero-order valence-corrected chi connectivity index (χ0v) is 17.2. The monoisotopic (exact) mass is 462 g/mol. The molecule has 1 amide bonds. The number of thioether (sulfide) groups is 1. The third-order valence-corrected chi connectivity index (χ3v) is 6.60. The van der Waals surface area contributed by atoms with E-state index in [1.54, 1.807) is 11.3 Å². The highest BCUT2D eigenvalue weighted by molar-refractivity contribution is 9.10. The molecule has 0 spiro atoms. The number of rotatable bonds is 5. The fourth-order valence-corrected chi connectivity index (χ4v) is 4.75. The van der Waals surface area contributed by atoms with Crippen molar-refractivity contribution in [3.8, 4) is 11.3 Å². The van der Waals surface area contributed by atoms with Crippen LogP contribution in [0.3, 0.4) is 0 Å². The number of thiazole rings is 1. The van der Waals surface area contributed by atoms with Crippen molar-refractivity contribution in [1.29, 1.82) is 0 Å². The molecular formula is C17H11BrN4OS3. The average Bonchev–Trinajstić information content (AvgIpc) is 3.30. The summed E-state index contributed by atoms with van der Waals surface area (Å²) in [4.78, 5) is 16.9. The van der Waals surface area contributed by atoms with Crippen molar-refractivity contribution in [2.24, 2.45) is 0 Å². The Morgan fingerprint density at radius 2 is 2.00 bits per heavy atom. The third-order valence-electron chi connectivity index (χ3n) is 3.51. The SMILES string of the molecule is O=C(CSc1nc(-c2ccc(Br)cc2)cs1)Nc1cccc2nsnc12. The minimum Gasteiger partial charge on any atom is -0.323 e. The summed E-state index contributed by atoms with van der Waals surface area (Å²) in [5, 5.41) is 4.91. The Labute approximate surface area is 170 Å². The molecule has 4 rings (SSSR count). The van der Waals surface area contributed by atoms with Crippen molar-refractivity contribution >= 4 is 73.4 Å². The van der Waals surface area contributed by atoms with Gasteiger partial charge in [0.1, 0.15) is 11.0 Å². The molecule has 2 aromatic heterocycles. The second kappa shape index (κ2) is 7.83. The number of nitrogens with zero attached hydrogens (tertiary/aromatic N) is 3. The molecule has 0 aliphatic heterocycles. The van der Waals surface area contributed by atoms with E-state index in [1.165, 1.54) is 11.8 Å². The van der Waals surface area contributed by atoms with Gasteiger partial charge in [0.15, 0.2) is 4.34 Å². The Bertz CT molecular complexity index is 1060. The summed E-state index contributed by atoms with van der Waals surface area (Å²) in [5.41, 5.74) is 4.19. The maximum atomic E-state index is 12.3. The molecule has 0 aliphatic rings. The number of benzene rings is 2. The van der Waals surface area contributed by atoms with Gasteiger partial charge in [-0.3, -0.25) is 4.79 Å².